The van der Waals surface area contributed by atoms with Crippen molar-refractivity contribution in [1.29, 1.82) is 0 Å². The highest BCUT2D eigenvalue weighted by molar-refractivity contribution is 8.18. The highest BCUT2D eigenvalue weighted by Gasteiger charge is 2.35. The van der Waals surface area contributed by atoms with Crippen molar-refractivity contribution >= 4 is 35.0 Å². The number of rotatable bonds is 8. The van der Waals surface area contributed by atoms with Gasteiger partial charge >= 0.3 is 5.97 Å². The van der Waals surface area contributed by atoms with Crippen molar-refractivity contribution in [3.63, 3.8) is 0 Å². The van der Waals surface area contributed by atoms with Gasteiger partial charge in [0.1, 0.15) is 0 Å². The van der Waals surface area contributed by atoms with Crippen LogP contribution in [0.2, 0.25) is 0 Å². The van der Waals surface area contributed by atoms with Crippen molar-refractivity contribution in [1.82, 2.24) is 4.90 Å². The number of methoxy groups -OCH3 is 1. The predicted octanol–water partition coefficient (Wildman–Crippen LogP) is 4.18. The summed E-state index contributed by atoms with van der Waals surface area (Å²) in [6.45, 7) is 3.91. The molecular weight excluding hydrogens is 418 g/mol. The highest BCUT2D eigenvalue weighted by Crippen LogP contribution is 2.35. The zero-order chi connectivity index (χ0) is 22.4. The third-order valence-corrected chi connectivity index (χ3v) is 5.38. The van der Waals surface area contributed by atoms with Crippen LogP contribution in [-0.4, -0.2) is 42.3 Å². The van der Waals surface area contributed by atoms with E-state index >= 15 is 0 Å². The van der Waals surface area contributed by atoms with Crippen molar-refractivity contribution < 1.29 is 28.6 Å². The Labute approximate surface area is 185 Å². The zero-order valence-electron chi connectivity index (χ0n) is 17.5. The van der Waals surface area contributed by atoms with E-state index in [1.165, 1.54) is 12.0 Å². The minimum absolute atomic E-state index is 0.221. The van der Waals surface area contributed by atoms with E-state index in [9.17, 15) is 14.4 Å². The zero-order valence-corrected chi connectivity index (χ0v) is 18.4. The summed E-state index contributed by atoms with van der Waals surface area (Å²) in [5.74, 6) is -0.0651. The maximum atomic E-state index is 12.8. The number of hydrogen-bond acceptors (Lipinski definition) is 7. The third kappa shape index (κ3) is 5.67. The van der Waals surface area contributed by atoms with E-state index < -0.39 is 5.97 Å². The standard InChI is InChI=1S/C23H23NO6S/c1-4-29-21(25)14-30-19-11-17(9-10-18(19)28-3)12-20-22(26)24(23(27)31-20)13-16-7-5-15(2)6-8-16/h5-12H,4,13-14H2,1-3H3/b20-12-. The smallest absolute Gasteiger partial charge is 0.344 e. The fourth-order valence-corrected chi connectivity index (χ4v) is 3.74. The number of ether oxygens (including phenoxy) is 3. The summed E-state index contributed by atoms with van der Waals surface area (Å²) in [6.07, 6.45) is 1.62. The Kier molecular flexibility index (Phi) is 7.36. The van der Waals surface area contributed by atoms with Gasteiger partial charge in [0.05, 0.1) is 25.2 Å². The molecule has 162 valence electrons. The lowest BCUT2D eigenvalue weighted by Gasteiger charge is -2.12. The van der Waals surface area contributed by atoms with Gasteiger partial charge < -0.3 is 14.2 Å². The van der Waals surface area contributed by atoms with Crippen LogP contribution in [0.3, 0.4) is 0 Å². The van der Waals surface area contributed by atoms with Gasteiger partial charge in [0, 0.05) is 0 Å². The van der Waals surface area contributed by atoms with E-state index in [0.717, 1.165) is 22.9 Å². The number of benzene rings is 2. The van der Waals surface area contributed by atoms with Crippen LogP contribution in [0.5, 0.6) is 11.5 Å². The number of thioether (sulfide) groups is 1. The Morgan fingerprint density at radius 3 is 2.52 bits per heavy atom. The molecule has 2 aromatic rings. The number of esters is 1. The molecule has 1 aliphatic heterocycles. The van der Waals surface area contributed by atoms with Crippen LogP contribution in [0.4, 0.5) is 4.79 Å². The Bertz CT molecular complexity index is 1020. The number of nitrogens with zero attached hydrogens (tertiary/aromatic N) is 1. The Balaban J connectivity index is 1.76. The van der Waals surface area contributed by atoms with Gasteiger partial charge in [-0.05, 0) is 54.9 Å². The van der Waals surface area contributed by atoms with Crippen molar-refractivity contribution in [2.75, 3.05) is 20.3 Å². The summed E-state index contributed by atoms with van der Waals surface area (Å²) in [7, 11) is 1.49. The summed E-state index contributed by atoms with van der Waals surface area (Å²) in [5.41, 5.74) is 2.63. The molecule has 0 aliphatic carbocycles. The van der Waals surface area contributed by atoms with Gasteiger partial charge in [-0.2, -0.15) is 0 Å². The maximum Gasteiger partial charge on any atom is 0.344 e. The van der Waals surface area contributed by atoms with E-state index in [1.807, 2.05) is 31.2 Å². The van der Waals surface area contributed by atoms with Crippen LogP contribution < -0.4 is 9.47 Å². The quantitative estimate of drug-likeness (QED) is 0.449. The molecule has 8 heteroatoms. The number of carbonyl (C=O) groups is 3. The normalized spacial score (nSPS) is 14.8. The van der Waals surface area contributed by atoms with Crippen LogP contribution in [0.1, 0.15) is 23.6 Å². The molecule has 0 saturated carbocycles. The van der Waals surface area contributed by atoms with E-state index in [2.05, 4.69) is 0 Å². The van der Waals surface area contributed by atoms with Crippen LogP contribution in [-0.2, 0) is 20.9 Å². The lowest BCUT2D eigenvalue weighted by molar-refractivity contribution is -0.145. The minimum Gasteiger partial charge on any atom is -0.493 e. The number of amides is 2. The summed E-state index contributed by atoms with van der Waals surface area (Å²) < 4.78 is 15.6. The number of hydrogen-bond donors (Lipinski definition) is 0. The fourth-order valence-electron chi connectivity index (χ4n) is 2.90. The van der Waals surface area contributed by atoms with Crippen LogP contribution in [0.25, 0.3) is 6.08 Å². The molecule has 1 aliphatic rings. The first kappa shape index (κ1) is 22.4. The van der Waals surface area contributed by atoms with E-state index in [4.69, 9.17) is 14.2 Å². The van der Waals surface area contributed by atoms with Crippen LogP contribution in [0.15, 0.2) is 47.4 Å². The molecule has 1 saturated heterocycles. The molecule has 1 heterocycles. The average Bonchev–Trinajstić information content (AvgIpc) is 3.01. The molecule has 31 heavy (non-hydrogen) atoms. The molecule has 0 atom stereocenters. The largest absolute Gasteiger partial charge is 0.493 e. The van der Waals surface area contributed by atoms with Gasteiger partial charge in [-0.1, -0.05) is 35.9 Å². The first-order valence-corrected chi connectivity index (χ1v) is 10.5. The van der Waals surface area contributed by atoms with Gasteiger partial charge in [-0.15, -0.1) is 0 Å². The third-order valence-electron chi connectivity index (χ3n) is 4.47. The number of aryl methyl sites for hydroxylation is 1. The van der Waals surface area contributed by atoms with Gasteiger partial charge in [-0.25, -0.2) is 4.79 Å². The van der Waals surface area contributed by atoms with Gasteiger partial charge in [0.15, 0.2) is 18.1 Å². The molecule has 1 fully saturated rings. The highest BCUT2D eigenvalue weighted by atomic mass is 32.2. The molecule has 0 radical (unpaired) electrons. The molecule has 0 aromatic heterocycles. The van der Waals surface area contributed by atoms with Crippen LogP contribution in [0, 0.1) is 6.92 Å². The van der Waals surface area contributed by atoms with Crippen molar-refractivity contribution in [3.8, 4) is 11.5 Å². The number of imide groups is 1. The van der Waals surface area contributed by atoms with E-state index in [0.29, 0.717) is 22.0 Å². The van der Waals surface area contributed by atoms with Crippen LogP contribution >= 0.6 is 11.8 Å². The van der Waals surface area contributed by atoms with Gasteiger partial charge in [-0.3, -0.25) is 14.5 Å². The predicted molar refractivity (Wildman–Crippen MR) is 118 cm³/mol. The van der Waals surface area contributed by atoms with Gasteiger partial charge in [0.25, 0.3) is 11.1 Å². The first-order chi connectivity index (χ1) is 14.9. The van der Waals surface area contributed by atoms with E-state index in [-0.39, 0.29) is 30.9 Å². The summed E-state index contributed by atoms with van der Waals surface area (Å²) in [4.78, 5) is 38.3. The molecule has 0 unspecified atom stereocenters. The Morgan fingerprint density at radius 2 is 1.84 bits per heavy atom. The molecular formula is C23H23NO6S. The second-order valence-electron chi connectivity index (χ2n) is 6.76. The second kappa shape index (κ2) is 10.2. The topological polar surface area (TPSA) is 82.1 Å². The SMILES string of the molecule is CCOC(=O)COc1cc(/C=C2\SC(=O)N(Cc3ccc(C)cc3)C2=O)ccc1OC. The van der Waals surface area contributed by atoms with Crippen molar-refractivity contribution in [3.05, 3.63) is 64.1 Å². The number of carbonyl (C=O) groups excluding carboxylic acids is 3. The molecule has 2 amide bonds. The summed E-state index contributed by atoms with van der Waals surface area (Å²) in [6, 6.07) is 12.7. The molecule has 0 spiro atoms. The van der Waals surface area contributed by atoms with E-state index in [1.54, 1.807) is 31.2 Å². The maximum absolute atomic E-state index is 12.8. The molecule has 3 rings (SSSR count). The van der Waals surface area contributed by atoms with Crippen molar-refractivity contribution in [2.45, 2.75) is 20.4 Å². The molecule has 0 bridgehead atoms. The summed E-state index contributed by atoms with van der Waals surface area (Å²) >= 11 is 0.892. The Morgan fingerprint density at radius 1 is 1.10 bits per heavy atom. The van der Waals surface area contributed by atoms with Gasteiger partial charge in [0.2, 0.25) is 0 Å². The lowest BCUT2D eigenvalue weighted by Crippen LogP contribution is -2.27. The Hall–Kier alpha value is -3.26. The first-order valence-electron chi connectivity index (χ1n) is 9.68. The molecule has 0 N–H and O–H groups in total. The second-order valence-corrected chi connectivity index (χ2v) is 7.75. The lowest BCUT2D eigenvalue weighted by atomic mass is 10.1. The molecule has 2 aromatic carbocycles. The monoisotopic (exact) mass is 441 g/mol. The fraction of sp³-hybridized carbons (Fsp3) is 0.261. The molecule has 7 nitrogen and oxygen atoms in total. The average molecular weight is 442 g/mol. The summed E-state index contributed by atoms with van der Waals surface area (Å²) in [5, 5.41) is -0.316. The minimum atomic E-state index is -0.493. The van der Waals surface area contributed by atoms with Crippen molar-refractivity contribution in [2.24, 2.45) is 0 Å².